The van der Waals surface area contributed by atoms with Crippen LogP contribution in [0.3, 0.4) is 0 Å². The molecule has 0 aliphatic heterocycles. The van der Waals surface area contributed by atoms with Gasteiger partial charge in [0.05, 0.1) is 11.7 Å². The Kier molecular flexibility index (Phi) is 6.22. The number of halogens is 3. The van der Waals surface area contributed by atoms with E-state index >= 15 is 0 Å². The summed E-state index contributed by atoms with van der Waals surface area (Å²) in [5.74, 6) is -1.01. The van der Waals surface area contributed by atoms with Crippen molar-refractivity contribution in [3.8, 4) is 0 Å². The number of anilines is 2. The van der Waals surface area contributed by atoms with Gasteiger partial charge in [0.1, 0.15) is 5.82 Å². The lowest BCUT2D eigenvalue weighted by molar-refractivity contribution is -0.114. The Bertz CT molecular complexity index is 814. The molecule has 2 aromatic rings. The summed E-state index contributed by atoms with van der Waals surface area (Å²) < 4.78 is 13.6. The number of nitrogens with one attached hydrogen (secondary N) is 3. The second-order valence-corrected chi connectivity index (χ2v) is 6.21. The summed E-state index contributed by atoms with van der Waals surface area (Å²) in [4.78, 5) is 23.2. The fourth-order valence-corrected chi connectivity index (χ4v) is 2.75. The van der Waals surface area contributed by atoms with Gasteiger partial charge < -0.3 is 16.0 Å². The van der Waals surface area contributed by atoms with Crippen LogP contribution in [-0.4, -0.2) is 11.9 Å². The van der Waals surface area contributed by atoms with E-state index < -0.39 is 17.8 Å². The Morgan fingerprint density at radius 2 is 1.80 bits per heavy atom. The molecule has 3 amide bonds. The first-order chi connectivity index (χ1) is 11.8. The van der Waals surface area contributed by atoms with Crippen LogP contribution in [0.5, 0.6) is 0 Å². The standard InChI is InChI=1S/C17H16Cl2FN3O2/c1-9(13-5-3-11(18)7-14(13)19)21-17(25)23-12-4-6-15(20)16(8-12)22-10(2)24/h3-9H,1-2H3,(H,22,24)(H2,21,23,25). The topological polar surface area (TPSA) is 70.2 Å². The summed E-state index contributed by atoms with van der Waals surface area (Å²) in [7, 11) is 0. The largest absolute Gasteiger partial charge is 0.331 e. The van der Waals surface area contributed by atoms with Gasteiger partial charge in [-0.05, 0) is 42.8 Å². The molecule has 0 radical (unpaired) electrons. The maximum absolute atomic E-state index is 13.6. The van der Waals surface area contributed by atoms with Crippen molar-refractivity contribution in [1.29, 1.82) is 0 Å². The van der Waals surface area contributed by atoms with Gasteiger partial charge >= 0.3 is 6.03 Å². The van der Waals surface area contributed by atoms with Crippen molar-refractivity contribution in [2.75, 3.05) is 10.6 Å². The molecule has 0 heterocycles. The molecular weight excluding hydrogens is 368 g/mol. The molecule has 0 aromatic heterocycles. The predicted octanol–water partition coefficient (Wildman–Crippen LogP) is 4.97. The Balaban J connectivity index is 2.05. The van der Waals surface area contributed by atoms with Crippen molar-refractivity contribution in [1.82, 2.24) is 5.32 Å². The van der Waals surface area contributed by atoms with Crippen molar-refractivity contribution in [2.45, 2.75) is 19.9 Å². The first-order valence-corrected chi connectivity index (χ1v) is 8.11. The van der Waals surface area contributed by atoms with E-state index in [9.17, 15) is 14.0 Å². The number of carbonyl (C=O) groups excluding carboxylic acids is 2. The minimum Gasteiger partial charge on any atom is -0.331 e. The summed E-state index contributed by atoms with van der Waals surface area (Å²) in [6, 6.07) is 7.99. The molecule has 25 heavy (non-hydrogen) atoms. The van der Waals surface area contributed by atoms with Gasteiger partial charge in [0.15, 0.2) is 0 Å². The minimum absolute atomic E-state index is 0.0147. The predicted molar refractivity (Wildman–Crippen MR) is 97.7 cm³/mol. The van der Waals surface area contributed by atoms with E-state index in [0.717, 1.165) is 6.07 Å². The fourth-order valence-electron chi connectivity index (χ4n) is 2.18. The molecule has 8 heteroatoms. The minimum atomic E-state index is -0.595. The molecule has 0 fully saturated rings. The van der Waals surface area contributed by atoms with Gasteiger partial charge in [-0.2, -0.15) is 0 Å². The number of hydrogen-bond acceptors (Lipinski definition) is 2. The van der Waals surface area contributed by atoms with Crippen LogP contribution >= 0.6 is 23.2 Å². The van der Waals surface area contributed by atoms with Crippen LogP contribution in [0.15, 0.2) is 36.4 Å². The van der Waals surface area contributed by atoms with Gasteiger partial charge in [0.25, 0.3) is 0 Å². The van der Waals surface area contributed by atoms with Crippen molar-refractivity contribution in [2.24, 2.45) is 0 Å². The zero-order chi connectivity index (χ0) is 18.6. The van der Waals surface area contributed by atoms with Crippen LogP contribution in [0.1, 0.15) is 25.5 Å². The molecule has 5 nitrogen and oxygen atoms in total. The average Bonchev–Trinajstić information content (AvgIpc) is 2.49. The molecule has 3 N–H and O–H groups in total. The highest BCUT2D eigenvalue weighted by molar-refractivity contribution is 6.35. The fraction of sp³-hybridized carbons (Fsp3) is 0.176. The van der Waals surface area contributed by atoms with E-state index in [1.54, 1.807) is 25.1 Å². The third-order valence-electron chi connectivity index (χ3n) is 3.31. The summed E-state index contributed by atoms with van der Waals surface area (Å²) in [6.45, 7) is 3.03. The molecule has 2 rings (SSSR count). The van der Waals surface area contributed by atoms with Crippen molar-refractivity contribution in [3.05, 3.63) is 57.8 Å². The molecule has 0 saturated heterocycles. The van der Waals surface area contributed by atoms with Crippen LogP contribution in [0.2, 0.25) is 10.0 Å². The van der Waals surface area contributed by atoms with Gasteiger partial charge in [0.2, 0.25) is 5.91 Å². The lowest BCUT2D eigenvalue weighted by Crippen LogP contribution is -2.31. The number of benzene rings is 2. The normalized spacial score (nSPS) is 11.6. The number of carbonyl (C=O) groups is 2. The Labute approximate surface area is 154 Å². The van der Waals surface area contributed by atoms with Crippen molar-refractivity contribution >= 4 is 46.5 Å². The quantitative estimate of drug-likeness (QED) is 0.696. The van der Waals surface area contributed by atoms with Crippen LogP contribution in [0.25, 0.3) is 0 Å². The molecule has 132 valence electrons. The summed E-state index contributed by atoms with van der Waals surface area (Å²) in [6.07, 6.45) is 0. The van der Waals surface area contributed by atoms with Gasteiger partial charge in [-0.25, -0.2) is 9.18 Å². The first-order valence-electron chi connectivity index (χ1n) is 7.36. The van der Waals surface area contributed by atoms with Crippen LogP contribution in [-0.2, 0) is 4.79 Å². The van der Waals surface area contributed by atoms with Crippen molar-refractivity contribution in [3.63, 3.8) is 0 Å². The molecule has 2 aromatic carbocycles. The molecule has 0 bridgehead atoms. The lowest BCUT2D eigenvalue weighted by Gasteiger charge is -2.17. The zero-order valence-electron chi connectivity index (χ0n) is 13.5. The average molecular weight is 384 g/mol. The Morgan fingerprint density at radius 1 is 1.08 bits per heavy atom. The smallest absolute Gasteiger partial charge is 0.319 e. The monoisotopic (exact) mass is 383 g/mol. The number of amides is 3. The maximum Gasteiger partial charge on any atom is 0.319 e. The summed E-state index contributed by atoms with van der Waals surface area (Å²) in [5.41, 5.74) is 1.02. The van der Waals surface area contributed by atoms with Crippen molar-refractivity contribution < 1.29 is 14.0 Å². The second-order valence-electron chi connectivity index (χ2n) is 5.36. The van der Waals surface area contributed by atoms with E-state index in [4.69, 9.17) is 23.2 Å². The van der Waals surface area contributed by atoms with Gasteiger partial charge in [-0.15, -0.1) is 0 Å². The maximum atomic E-state index is 13.6. The molecule has 0 saturated carbocycles. The molecule has 0 spiro atoms. The Morgan fingerprint density at radius 3 is 2.44 bits per heavy atom. The molecule has 0 aliphatic carbocycles. The molecule has 1 unspecified atom stereocenters. The first kappa shape index (κ1) is 19.0. The third-order valence-corrected chi connectivity index (χ3v) is 3.87. The number of rotatable bonds is 4. The van der Waals surface area contributed by atoms with Gasteiger partial charge in [-0.1, -0.05) is 29.3 Å². The highest BCUT2D eigenvalue weighted by Gasteiger charge is 2.14. The molecular formula is C17H16Cl2FN3O2. The second kappa shape index (κ2) is 8.18. The molecule has 0 aliphatic rings. The Hall–Kier alpha value is -2.31. The number of urea groups is 1. The van der Waals surface area contributed by atoms with E-state index in [-0.39, 0.29) is 11.7 Å². The summed E-state index contributed by atoms with van der Waals surface area (Å²) >= 11 is 12.0. The van der Waals surface area contributed by atoms with E-state index in [2.05, 4.69) is 16.0 Å². The SMILES string of the molecule is CC(=O)Nc1cc(NC(=O)NC(C)c2ccc(Cl)cc2Cl)ccc1F. The number of hydrogen-bond donors (Lipinski definition) is 3. The van der Waals surface area contributed by atoms with Crippen LogP contribution in [0, 0.1) is 5.82 Å². The zero-order valence-corrected chi connectivity index (χ0v) is 15.0. The lowest BCUT2D eigenvalue weighted by atomic mass is 10.1. The summed E-state index contributed by atoms with van der Waals surface area (Å²) in [5, 5.41) is 8.59. The molecule has 1 atom stereocenters. The van der Waals surface area contributed by atoms with Gasteiger partial charge in [0, 0.05) is 22.7 Å². The van der Waals surface area contributed by atoms with Crippen LogP contribution in [0.4, 0.5) is 20.6 Å². The van der Waals surface area contributed by atoms with E-state index in [0.29, 0.717) is 21.3 Å². The van der Waals surface area contributed by atoms with E-state index in [1.165, 1.54) is 19.1 Å². The highest BCUT2D eigenvalue weighted by Crippen LogP contribution is 2.26. The van der Waals surface area contributed by atoms with E-state index in [1.807, 2.05) is 0 Å². The van der Waals surface area contributed by atoms with Crippen LogP contribution < -0.4 is 16.0 Å². The third kappa shape index (κ3) is 5.34. The highest BCUT2D eigenvalue weighted by atomic mass is 35.5. The van der Waals surface area contributed by atoms with Gasteiger partial charge in [-0.3, -0.25) is 4.79 Å².